The van der Waals surface area contributed by atoms with Gasteiger partial charge in [-0.3, -0.25) is 4.79 Å². The summed E-state index contributed by atoms with van der Waals surface area (Å²) < 4.78 is 0. The molecule has 1 amide bonds. The van der Waals surface area contributed by atoms with Crippen LogP contribution in [-0.4, -0.2) is 10.9 Å². The second kappa shape index (κ2) is 4.56. The smallest absolute Gasteiger partial charge is 0.221 e. The summed E-state index contributed by atoms with van der Waals surface area (Å²) >= 11 is 0. The van der Waals surface area contributed by atoms with Crippen LogP contribution in [0.5, 0.6) is 0 Å². The Morgan fingerprint density at radius 2 is 2.33 bits per heavy atom. The van der Waals surface area contributed by atoms with Crippen LogP contribution in [0.15, 0.2) is 18.3 Å². The second-order valence-electron chi connectivity index (χ2n) is 2.12. The van der Waals surface area contributed by atoms with Crippen molar-refractivity contribution in [3.8, 4) is 0 Å². The number of hydrogen-bond donors (Lipinski definition) is 2. The Bertz CT molecular complexity index is 277. The highest BCUT2D eigenvalue weighted by atomic mass is 35.5. The van der Waals surface area contributed by atoms with Crippen LogP contribution in [0, 0.1) is 0 Å². The molecule has 0 fully saturated rings. The van der Waals surface area contributed by atoms with Gasteiger partial charge in [0.2, 0.25) is 5.91 Å². The zero-order valence-electron chi connectivity index (χ0n) is 6.57. The molecule has 0 unspecified atom stereocenters. The molecule has 1 aromatic heterocycles. The van der Waals surface area contributed by atoms with Gasteiger partial charge in [0.15, 0.2) is 0 Å². The molecule has 0 atom stereocenters. The zero-order valence-corrected chi connectivity index (χ0v) is 7.39. The van der Waals surface area contributed by atoms with Crippen LogP contribution in [0.3, 0.4) is 0 Å². The zero-order chi connectivity index (χ0) is 8.27. The Labute approximate surface area is 76.6 Å². The number of aromatic nitrogens is 1. The fourth-order valence-electron chi connectivity index (χ4n) is 0.713. The van der Waals surface area contributed by atoms with Gasteiger partial charge in [-0.1, -0.05) is 0 Å². The van der Waals surface area contributed by atoms with E-state index in [0.29, 0.717) is 11.5 Å². The fourth-order valence-corrected chi connectivity index (χ4v) is 0.713. The van der Waals surface area contributed by atoms with Crippen LogP contribution in [0.2, 0.25) is 0 Å². The number of halogens is 1. The van der Waals surface area contributed by atoms with Crippen molar-refractivity contribution in [2.45, 2.75) is 6.92 Å². The Morgan fingerprint density at radius 1 is 1.67 bits per heavy atom. The number of rotatable bonds is 1. The quantitative estimate of drug-likeness (QED) is 0.691. The van der Waals surface area contributed by atoms with E-state index in [9.17, 15) is 4.79 Å². The molecule has 0 spiro atoms. The van der Waals surface area contributed by atoms with E-state index in [1.165, 1.54) is 6.92 Å². The predicted octanol–water partition coefficient (Wildman–Crippen LogP) is 1.04. The van der Waals surface area contributed by atoms with Crippen LogP contribution >= 0.6 is 12.4 Å². The number of anilines is 2. The van der Waals surface area contributed by atoms with E-state index < -0.39 is 0 Å². The summed E-state index contributed by atoms with van der Waals surface area (Å²) in [7, 11) is 0. The first-order chi connectivity index (χ1) is 5.20. The van der Waals surface area contributed by atoms with E-state index in [4.69, 9.17) is 5.73 Å². The SMILES string of the molecule is CC(=O)Nc1cccnc1N.Cl. The lowest BCUT2D eigenvalue weighted by atomic mass is 10.4. The number of nitrogens with two attached hydrogens (primary N) is 1. The predicted molar refractivity (Wildman–Crippen MR) is 50.2 cm³/mol. The Morgan fingerprint density at radius 3 is 2.83 bits per heavy atom. The molecule has 0 bridgehead atoms. The van der Waals surface area contributed by atoms with Crippen molar-refractivity contribution in [2.24, 2.45) is 0 Å². The van der Waals surface area contributed by atoms with Crippen molar-refractivity contribution in [2.75, 3.05) is 11.1 Å². The van der Waals surface area contributed by atoms with Gasteiger partial charge in [-0.2, -0.15) is 0 Å². The van der Waals surface area contributed by atoms with Crippen molar-refractivity contribution >= 4 is 29.8 Å². The molecule has 12 heavy (non-hydrogen) atoms. The summed E-state index contributed by atoms with van der Waals surface area (Å²) in [6.07, 6.45) is 1.57. The van der Waals surface area contributed by atoms with E-state index >= 15 is 0 Å². The Balaban J connectivity index is 0.00000121. The molecule has 4 nitrogen and oxygen atoms in total. The van der Waals surface area contributed by atoms with Crippen LogP contribution in [0.1, 0.15) is 6.92 Å². The van der Waals surface area contributed by atoms with Crippen LogP contribution < -0.4 is 11.1 Å². The summed E-state index contributed by atoms with van der Waals surface area (Å²) in [6, 6.07) is 3.41. The molecule has 1 heterocycles. The average Bonchev–Trinajstić information content (AvgIpc) is 1.93. The summed E-state index contributed by atoms with van der Waals surface area (Å²) in [5.74, 6) is 0.187. The maximum absolute atomic E-state index is 10.6. The van der Waals surface area contributed by atoms with Crippen molar-refractivity contribution in [1.82, 2.24) is 4.98 Å². The van der Waals surface area contributed by atoms with E-state index in [1.54, 1.807) is 18.3 Å². The van der Waals surface area contributed by atoms with Crippen molar-refractivity contribution in [1.29, 1.82) is 0 Å². The number of nitrogens with one attached hydrogen (secondary N) is 1. The number of amides is 1. The average molecular weight is 188 g/mol. The van der Waals surface area contributed by atoms with Crippen molar-refractivity contribution in [3.63, 3.8) is 0 Å². The van der Waals surface area contributed by atoms with Crippen LogP contribution in [0.4, 0.5) is 11.5 Å². The minimum absolute atomic E-state index is 0. The molecule has 0 aliphatic carbocycles. The van der Waals surface area contributed by atoms with Gasteiger partial charge >= 0.3 is 0 Å². The van der Waals surface area contributed by atoms with E-state index in [2.05, 4.69) is 10.3 Å². The van der Waals surface area contributed by atoms with E-state index in [1.807, 2.05) is 0 Å². The number of nitrogens with zero attached hydrogens (tertiary/aromatic N) is 1. The highest BCUT2D eigenvalue weighted by molar-refractivity contribution is 5.91. The molecular weight excluding hydrogens is 178 g/mol. The summed E-state index contributed by atoms with van der Waals surface area (Å²) in [5.41, 5.74) is 6.00. The molecule has 0 aromatic carbocycles. The highest BCUT2D eigenvalue weighted by Crippen LogP contribution is 2.12. The van der Waals surface area contributed by atoms with Gasteiger partial charge in [0.05, 0.1) is 5.69 Å². The molecule has 1 aromatic rings. The molecule has 0 radical (unpaired) electrons. The largest absolute Gasteiger partial charge is 0.382 e. The number of nitrogen functional groups attached to an aromatic ring is 1. The third-order valence-corrected chi connectivity index (χ3v) is 1.15. The summed E-state index contributed by atoms with van der Waals surface area (Å²) in [5, 5.41) is 2.55. The molecule has 66 valence electrons. The Hall–Kier alpha value is -1.29. The van der Waals surface area contributed by atoms with Gasteiger partial charge < -0.3 is 11.1 Å². The maximum atomic E-state index is 10.6. The van der Waals surface area contributed by atoms with Gasteiger partial charge in [0.25, 0.3) is 0 Å². The second-order valence-corrected chi connectivity index (χ2v) is 2.12. The van der Waals surface area contributed by atoms with Gasteiger partial charge in [-0.05, 0) is 12.1 Å². The number of hydrogen-bond acceptors (Lipinski definition) is 3. The molecule has 0 aliphatic heterocycles. The molecular formula is C7H10ClN3O. The molecule has 0 saturated carbocycles. The maximum Gasteiger partial charge on any atom is 0.221 e. The summed E-state index contributed by atoms with van der Waals surface area (Å²) in [6.45, 7) is 1.42. The van der Waals surface area contributed by atoms with Crippen LogP contribution in [0.25, 0.3) is 0 Å². The molecule has 1 rings (SSSR count). The van der Waals surface area contributed by atoms with Gasteiger partial charge in [0, 0.05) is 13.1 Å². The lowest BCUT2D eigenvalue weighted by molar-refractivity contribution is -0.114. The highest BCUT2D eigenvalue weighted by Gasteiger charge is 1.98. The molecule has 5 heteroatoms. The molecule has 0 aliphatic rings. The third kappa shape index (κ3) is 2.75. The van der Waals surface area contributed by atoms with Crippen molar-refractivity contribution in [3.05, 3.63) is 18.3 Å². The third-order valence-electron chi connectivity index (χ3n) is 1.15. The van der Waals surface area contributed by atoms with Gasteiger partial charge in [-0.25, -0.2) is 4.98 Å². The fraction of sp³-hybridized carbons (Fsp3) is 0.143. The Kier molecular flexibility index (Phi) is 4.07. The lowest BCUT2D eigenvalue weighted by Crippen LogP contribution is -2.08. The topological polar surface area (TPSA) is 68.0 Å². The van der Waals surface area contributed by atoms with Crippen LogP contribution in [-0.2, 0) is 4.79 Å². The monoisotopic (exact) mass is 187 g/mol. The first kappa shape index (κ1) is 10.7. The van der Waals surface area contributed by atoms with E-state index in [-0.39, 0.29) is 18.3 Å². The first-order valence-corrected chi connectivity index (χ1v) is 3.18. The van der Waals surface area contributed by atoms with Crippen molar-refractivity contribution < 1.29 is 4.79 Å². The number of carbonyl (C=O) groups excluding carboxylic acids is 1. The molecule has 0 saturated heterocycles. The lowest BCUT2D eigenvalue weighted by Gasteiger charge is -2.02. The number of pyridine rings is 1. The van der Waals surface area contributed by atoms with Gasteiger partial charge in [0.1, 0.15) is 5.82 Å². The van der Waals surface area contributed by atoms with E-state index in [0.717, 1.165) is 0 Å². The first-order valence-electron chi connectivity index (χ1n) is 3.18. The number of carbonyl (C=O) groups is 1. The molecule has 3 N–H and O–H groups in total. The van der Waals surface area contributed by atoms with Gasteiger partial charge in [-0.15, -0.1) is 12.4 Å². The normalized spacial score (nSPS) is 8.42. The summed E-state index contributed by atoms with van der Waals surface area (Å²) in [4.78, 5) is 14.4. The standard InChI is InChI=1S/C7H9N3O.ClH/c1-5(11)10-6-3-2-4-9-7(6)8;/h2-4H,1H3,(H2,8,9)(H,10,11);1H. The minimum Gasteiger partial charge on any atom is -0.382 e. The minimum atomic E-state index is -0.148.